The third kappa shape index (κ3) is 1.78. The lowest BCUT2D eigenvalue weighted by atomic mass is 10.1. The number of aromatic nitrogens is 2. The quantitative estimate of drug-likeness (QED) is 0.738. The van der Waals surface area contributed by atoms with Gasteiger partial charge in [-0.05, 0) is 35.8 Å². The molecule has 0 unspecified atom stereocenters. The number of aromatic amines is 1. The van der Waals surface area contributed by atoms with Crippen LogP contribution in [0.15, 0.2) is 15.3 Å². The fourth-order valence-electron chi connectivity index (χ4n) is 2.23. The van der Waals surface area contributed by atoms with Crippen LogP contribution in [0, 0.1) is 13.8 Å². The molecule has 1 N–H and O–H groups in total. The lowest BCUT2D eigenvalue weighted by Gasteiger charge is -2.09. The fourth-order valence-corrected chi connectivity index (χ4v) is 3.81. The summed E-state index contributed by atoms with van der Waals surface area (Å²) >= 11 is 5.02. The molecule has 3 aromatic rings. The van der Waals surface area contributed by atoms with E-state index in [9.17, 15) is 4.79 Å². The number of pyridine rings is 2. The predicted octanol–water partition coefficient (Wildman–Crippen LogP) is 3.53. The molecular formula is C13H11BrN2O2S. The van der Waals surface area contributed by atoms with Crippen LogP contribution in [0.5, 0.6) is 5.88 Å². The Hall–Kier alpha value is -1.40. The van der Waals surface area contributed by atoms with Gasteiger partial charge in [-0.1, -0.05) is 0 Å². The topological polar surface area (TPSA) is 55.0 Å². The number of aryl methyl sites for hydroxylation is 2. The van der Waals surface area contributed by atoms with Gasteiger partial charge in [0.1, 0.15) is 4.70 Å². The highest BCUT2D eigenvalue weighted by molar-refractivity contribution is 9.10. The second-order valence-corrected chi connectivity index (χ2v) is 6.37. The summed E-state index contributed by atoms with van der Waals surface area (Å²) in [5, 5.41) is 1.89. The Kier molecular flexibility index (Phi) is 2.87. The first-order valence-electron chi connectivity index (χ1n) is 5.69. The summed E-state index contributed by atoms with van der Waals surface area (Å²) in [6, 6.07) is 2.03. The Balaban J connectivity index is 2.66. The Morgan fingerprint density at radius 2 is 2.16 bits per heavy atom. The van der Waals surface area contributed by atoms with Crippen molar-refractivity contribution in [3.63, 3.8) is 0 Å². The van der Waals surface area contributed by atoms with E-state index in [2.05, 4.69) is 25.9 Å². The zero-order valence-electron chi connectivity index (χ0n) is 10.6. The Morgan fingerprint density at radius 3 is 2.84 bits per heavy atom. The van der Waals surface area contributed by atoms with Gasteiger partial charge in [0.2, 0.25) is 5.88 Å². The maximum absolute atomic E-state index is 12.1. The summed E-state index contributed by atoms with van der Waals surface area (Å²) in [5.74, 6) is 0.530. The number of methoxy groups -OCH3 is 1. The lowest BCUT2D eigenvalue weighted by molar-refractivity contribution is 0.395. The highest BCUT2D eigenvalue weighted by Gasteiger charge is 2.16. The highest BCUT2D eigenvalue weighted by Crippen LogP contribution is 2.37. The number of nitrogens with one attached hydrogen (secondary N) is 1. The van der Waals surface area contributed by atoms with E-state index >= 15 is 0 Å². The number of H-pyrrole nitrogens is 1. The smallest absolute Gasteiger partial charge is 0.266 e. The molecule has 0 aliphatic rings. The second-order valence-electron chi connectivity index (χ2n) is 4.32. The second kappa shape index (κ2) is 4.31. The molecule has 19 heavy (non-hydrogen) atoms. The standard InChI is InChI=1S/C13H11BrN2O2S/c1-5-4-7-8-9(14)13(18-3)15-6(2)10(8)16-12(17)11(7)19-5/h4H,1-3H3,(H,16,17). The summed E-state index contributed by atoms with van der Waals surface area (Å²) in [4.78, 5) is 20.5. The van der Waals surface area contributed by atoms with E-state index in [1.165, 1.54) is 11.3 Å². The van der Waals surface area contributed by atoms with E-state index in [1.54, 1.807) is 7.11 Å². The minimum absolute atomic E-state index is 0.0671. The van der Waals surface area contributed by atoms with Crippen LogP contribution >= 0.6 is 27.3 Å². The molecular weight excluding hydrogens is 328 g/mol. The van der Waals surface area contributed by atoms with E-state index in [-0.39, 0.29) is 5.56 Å². The van der Waals surface area contributed by atoms with Gasteiger partial charge >= 0.3 is 0 Å². The summed E-state index contributed by atoms with van der Waals surface area (Å²) < 4.78 is 6.78. The number of hydrogen-bond acceptors (Lipinski definition) is 4. The molecule has 3 aromatic heterocycles. The van der Waals surface area contributed by atoms with Crippen molar-refractivity contribution in [3.05, 3.63) is 31.5 Å². The minimum atomic E-state index is -0.0671. The van der Waals surface area contributed by atoms with E-state index in [0.717, 1.165) is 36.0 Å². The van der Waals surface area contributed by atoms with Gasteiger partial charge in [-0.15, -0.1) is 11.3 Å². The van der Waals surface area contributed by atoms with Gasteiger partial charge in [-0.25, -0.2) is 4.98 Å². The molecule has 3 heterocycles. The molecule has 6 heteroatoms. The van der Waals surface area contributed by atoms with Crippen LogP contribution in [0.3, 0.4) is 0 Å². The molecule has 0 fully saturated rings. The van der Waals surface area contributed by atoms with Crippen molar-refractivity contribution >= 4 is 48.3 Å². The van der Waals surface area contributed by atoms with Crippen LogP contribution in [0.25, 0.3) is 21.0 Å². The van der Waals surface area contributed by atoms with E-state index in [0.29, 0.717) is 5.88 Å². The predicted molar refractivity (Wildman–Crippen MR) is 81.5 cm³/mol. The van der Waals surface area contributed by atoms with E-state index in [4.69, 9.17) is 4.74 Å². The SMILES string of the molecule is COc1nc(C)c2[nH]c(=O)c3sc(C)cc3c2c1Br. The molecule has 0 aliphatic carbocycles. The van der Waals surface area contributed by atoms with Gasteiger partial charge in [-0.2, -0.15) is 0 Å². The Morgan fingerprint density at radius 1 is 1.42 bits per heavy atom. The first-order valence-corrected chi connectivity index (χ1v) is 7.30. The largest absolute Gasteiger partial charge is 0.480 e. The number of fused-ring (bicyclic) bond motifs is 3. The van der Waals surface area contributed by atoms with Crippen LogP contribution in [-0.4, -0.2) is 17.1 Å². The molecule has 0 saturated heterocycles. The molecule has 0 aliphatic heterocycles. The Bertz CT molecular complexity index is 867. The number of rotatable bonds is 1. The number of hydrogen-bond donors (Lipinski definition) is 1. The summed E-state index contributed by atoms with van der Waals surface area (Å²) in [6.45, 7) is 3.85. The van der Waals surface area contributed by atoms with Gasteiger partial charge < -0.3 is 9.72 Å². The number of ether oxygens (including phenoxy) is 1. The third-order valence-electron chi connectivity index (χ3n) is 3.05. The molecule has 0 atom stereocenters. The van der Waals surface area contributed by atoms with Crippen molar-refractivity contribution in [1.29, 1.82) is 0 Å². The van der Waals surface area contributed by atoms with Crippen molar-refractivity contribution in [1.82, 2.24) is 9.97 Å². The molecule has 98 valence electrons. The first kappa shape index (κ1) is 12.6. The average Bonchev–Trinajstić information content (AvgIpc) is 2.75. The van der Waals surface area contributed by atoms with Crippen LogP contribution in [0.1, 0.15) is 10.6 Å². The van der Waals surface area contributed by atoms with Crippen molar-refractivity contribution in [2.45, 2.75) is 13.8 Å². The average molecular weight is 339 g/mol. The van der Waals surface area contributed by atoms with Gasteiger partial charge in [0.05, 0.1) is 22.8 Å². The maximum atomic E-state index is 12.1. The molecule has 0 aromatic carbocycles. The monoisotopic (exact) mass is 338 g/mol. The van der Waals surface area contributed by atoms with Gasteiger partial charge in [0, 0.05) is 15.6 Å². The number of halogens is 1. The van der Waals surface area contributed by atoms with Crippen LogP contribution < -0.4 is 10.3 Å². The zero-order chi connectivity index (χ0) is 13.7. The van der Waals surface area contributed by atoms with Crippen molar-refractivity contribution in [2.24, 2.45) is 0 Å². The Labute approximate surface area is 121 Å². The van der Waals surface area contributed by atoms with Crippen molar-refractivity contribution in [2.75, 3.05) is 7.11 Å². The minimum Gasteiger partial charge on any atom is -0.480 e. The molecule has 4 nitrogen and oxygen atoms in total. The molecule has 0 amide bonds. The van der Waals surface area contributed by atoms with Crippen LogP contribution in [0.2, 0.25) is 0 Å². The molecule has 0 radical (unpaired) electrons. The normalized spacial score (nSPS) is 11.4. The number of thiophene rings is 1. The van der Waals surface area contributed by atoms with Crippen LogP contribution in [0.4, 0.5) is 0 Å². The maximum Gasteiger partial charge on any atom is 0.266 e. The first-order chi connectivity index (χ1) is 9.02. The summed E-state index contributed by atoms with van der Waals surface area (Å²) in [5.41, 5.74) is 1.43. The van der Waals surface area contributed by atoms with Gasteiger partial charge in [-0.3, -0.25) is 4.79 Å². The summed E-state index contributed by atoms with van der Waals surface area (Å²) in [6.07, 6.45) is 0. The molecule has 0 saturated carbocycles. The highest BCUT2D eigenvalue weighted by atomic mass is 79.9. The van der Waals surface area contributed by atoms with Crippen molar-refractivity contribution in [3.8, 4) is 5.88 Å². The van der Waals surface area contributed by atoms with Crippen LogP contribution in [-0.2, 0) is 0 Å². The third-order valence-corrected chi connectivity index (χ3v) is 4.84. The number of nitrogens with zero attached hydrogens (tertiary/aromatic N) is 1. The van der Waals surface area contributed by atoms with Gasteiger partial charge in [0.25, 0.3) is 5.56 Å². The molecule has 0 spiro atoms. The van der Waals surface area contributed by atoms with E-state index in [1.807, 2.05) is 19.9 Å². The van der Waals surface area contributed by atoms with Gasteiger partial charge in [0.15, 0.2) is 0 Å². The molecule has 0 bridgehead atoms. The fraction of sp³-hybridized carbons (Fsp3) is 0.231. The molecule has 3 rings (SSSR count). The van der Waals surface area contributed by atoms with E-state index < -0.39 is 0 Å². The summed E-state index contributed by atoms with van der Waals surface area (Å²) in [7, 11) is 1.58. The van der Waals surface area contributed by atoms with Crippen molar-refractivity contribution < 1.29 is 4.74 Å². The lowest BCUT2D eigenvalue weighted by Crippen LogP contribution is -2.06. The zero-order valence-corrected chi connectivity index (χ0v) is 13.0.